The van der Waals surface area contributed by atoms with Gasteiger partial charge in [0, 0.05) is 22.2 Å². The summed E-state index contributed by atoms with van der Waals surface area (Å²) in [7, 11) is 0. The molecule has 0 unspecified atom stereocenters. The number of carboxylic acid groups (broad SMARTS) is 1. The molecule has 0 bridgehead atoms. The Bertz CT molecular complexity index is 519. The minimum absolute atomic E-state index is 0.130. The van der Waals surface area contributed by atoms with E-state index in [2.05, 4.69) is 5.32 Å². The van der Waals surface area contributed by atoms with E-state index in [9.17, 15) is 14.7 Å². The number of carbonyl (C=O) groups is 2. The lowest BCUT2D eigenvalue weighted by Gasteiger charge is -2.24. The number of rotatable bonds is 4. The Labute approximate surface area is 127 Å². The average molecular weight is 316 g/mol. The van der Waals surface area contributed by atoms with Gasteiger partial charge in [-0.1, -0.05) is 36.0 Å². The van der Waals surface area contributed by atoms with Gasteiger partial charge in [-0.2, -0.15) is 0 Å². The first-order chi connectivity index (χ1) is 9.43. The molecule has 2 rings (SSSR count). The van der Waals surface area contributed by atoms with Crippen LogP contribution in [0.4, 0.5) is 0 Å². The molecule has 4 nitrogen and oxygen atoms in total. The fraction of sp³-hybridized carbons (Fsp3) is 0.429. The van der Waals surface area contributed by atoms with Crippen LogP contribution in [-0.2, 0) is 4.79 Å². The lowest BCUT2D eigenvalue weighted by atomic mass is 9.86. The number of nitrogens with one attached hydrogen (secondary N) is 1. The standard InChI is InChI=1S/C14H15Cl2NO3/c15-10-5-9(6-11(16)7-10)12(18)17-8-14(13(19)20)3-1-2-4-14/h5-7H,1-4,8H2,(H,17,18)(H,19,20). The van der Waals surface area contributed by atoms with Gasteiger partial charge in [-0.15, -0.1) is 0 Å². The Morgan fingerprint density at radius 3 is 2.20 bits per heavy atom. The van der Waals surface area contributed by atoms with Gasteiger partial charge in [-0.05, 0) is 31.0 Å². The molecule has 0 saturated heterocycles. The van der Waals surface area contributed by atoms with Crippen LogP contribution in [-0.4, -0.2) is 23.5 Å². The van der Waals surface area contributed by atoms with Crippen LogP contribution in [0, 0.1) is 5.41 Å². The highest BCUT2D eigenvalue weighted by molar-refractivity contribution is 6.35. The van der Waals surface area contributed by atoms with Crippen molar-refractivity contribution in [1.82, 2.24) is 5.32 Å². The predicted octanol–water partition coefficient (Wildman–Crippen LogP) is 3.37. The number of halogens is 2. The number of hydrogen-bond donors (Lipinski definition) is 2. The van der Waals surface area contributed by atoms with E-state index in [1.807, 2.05) is 0 Å². The molecule has 1 aliphatic carbocycles. The van der Waals surface area contributed by atoms with Crippen molar-refractivity contribution in [2.45, 2.75) is 25.7 Å². The third kappa shape index (κ3) is 3.25. The van der Waals surface area contributed by atoms with Crippen molar-refractivity contribution in [3.05, 3.63) is 33.8 Å². The summed E-state index contributed by atoms with van der Waals surface area (Å²) in [4.78, 5) is 23.4. The second-order valence-corrected chi connectivity index (χ2v) is 6.01. The summed E-state index contributed by atoms with van der Waals surface area (Å²) in [6.45, 7) is 0.130. The van der Waals surface area contributed by atoms with Gasteiger partial charge < -0.3 is 10.4 Å². The van der Waals surface area contributed by atoms with Crippen LogP contribution in [0.25, 0.3) is 0 Å². The van der Waals surface area contributed by atoms with Crippen molar-refractivity contribution in [3.63, 3.8) is 0 Å². The van der Waals surface area contributed by atoms with Crippen LogP contribution in [0.1, 0.15) is 36.0 Å². The van der Waals surface area contributed by atoms with E-state index in [0.29, 0.717) is 28.5 Å². The second kappa shape index (κ2) is 6.02. The molecule has 0 spiro atoms. The van der Waals surface area contributed by atoms with Crippen molar-refractivity contribution in [2.24, 2.45) is 5.41 Å². The number of hydrogen-bond acceptors (Lipinski definition) is 2. The van der Waals surface area contributed by atoms with E-state index in [4.69, 9.17) is 23.2 Å². The Hall–Kier alpha value is -1.26. The molecule has 20 heavy (non-hydrogen) atoms. The number of benzene rings is 1. The lowest BCUT2D eigenvalue weighted by Crippen LogP contribution is -2.41. The van der Waals surface area contributed by atoms with Crippen LogP contribution in [0.3, 0.4) is 0 Å². The molecule has 1 saturated carbocycles. The van der Waals surface area contributed by atoms with E-state index in [-0.39, 0.29) is 12.5 Å². The van der Waals surface area contributed by atoms with Gasteiger partial charge in [-0.25, -0.2) is 0 Å². The molecule has 2 N–H and O–H groups in total. The second-order valence-electron chi connectivity index (χ2n) is 5.13. The van der Waals surface area contributed by atoms with Gasteiger partial charge in [0.1, 0.15) is 0 Å². The first-order valence-corrected chi connectivity index (χ1v) is 7.16. The first kappa shape index (κ1) is 15.1. The summed E-state index contributed by atoms with van der Waals surface area (Å²) >= 11 is 11.7. The van der Waals surface area contributed by atoms with E-state index in [1.165, 1.54) is 18.2 Å². The van der Waals surface area contributed by atoms with Gasteiger partial charge in [0.2, 0.25) is 0 Å². The Balaban J connectivity index is 2.06. The van der Waals surface area contributed by atoms with Crippen molar-refractivity contribution < 1.29 is 14.7 Å². The summed E-state index contributed by atoms with van der Waals surface area (Å²) in [5.41, 5.74) is -0.501. The van der Waals surface area contributed by atoms with Crippen LogP contribution in [0.15, 0.2) is 18.2 Å². The highest BCUT2D eigenvalue weighted by atomic mass is 35.5. The van der Waals surface area contributed by atoms with Crippen molar-refractivity contribution >= 4 is 35.1 Å². The molecule has 0 aliphatic heterocycles. The molecule has 0 radical (unpaired) electrons. The van der Waals surface area contributed by atoms with Crippen molar-refractivity contribution in [3.8, 4) is 0 Å². The first-order valence-electron chi connectivity index (χ1n) is 6.41. The molecule has 0 aromatic heterocycles. The number of carboxylic acids is 1. The zero-order valence-corrected chi connectivity index (χ0v) is 12.3. The topological polar surface area (TPSA) is 66.4 Å². The summed E-state index contributed by atoms with van der Waals surface area (Å²) in [6, 6.07) is 4.55. The van der Waals surface area contributed by atoms with Gasteiger partial charge in [-0.3, -0.25) is 9.59 Å². The summed E-state index contributed by atoms with van der Waals surface area (Å²) in [6.07, 6.45) is 2.95. The van der Waals surface area contributed by atoms with Crippen LogP contribution in [0.5, 0.6) is 0 Å². The molecule has 1 fully saturated rings. The molecule has 6 heteroatoms. The molecule has 1 aliphatic rings. The maximum atomic E-state index is 12.0. The highest BCUT2D eigenvalue weighted by Crippen LogP contribution is 2.37. The number of aliphatic carboxylic acids is 1. The average Bonchev–Trinajstić information content (AvgIpc) is 2.84. The molecule has 0 atom stereocenters. The molecule has 0 heterocycles. The van der Waals surface area contributed by atoms with Crippen LogP contribution in [0.2, 0.25) is 10.0 Å². The zero-order valence-electron chi connectivity index (χ0n) is 10.8. The molecule has 108 valence electrons. The van der Waals surface area contributed by atoms with Crippen molar-refractivity contribution in [1.29, 1.82) is 0 Å². The largest absolute Gasteiger partial charge is 0.481 e. The third-order valence-electron chi connectivity index (χ3n) is 3.73. The Kier molecular flexibility index (Phi) is 4.55. The van der Waals surface area contributed by atoms with Gasteiger partial charge in [0.25, 0.3) is 5.91 Å². The molecular formula is C14H15Cl2NO3. The van der Waals surface area contributed by atoms with Gasteiger partial charge in [0.05, 0.1) is 5.41 Å². The highest BCUT2D eigenvalue weighted by Gasteiger charge is 2.41. The number of carbonyl (C=O) groups excluding carboxylic acids is 1. The fourth-order valence-corrected chi connectivity index (χ4v) is 3.08. The molecule has 1 amide bonds. The molecular weight excluding hydrogens is 301 g/mol. The number of amides is 1. The normalized spacial score (nSPS) is 16.9. The third-order valence-corrected chi connectivity index (χ3v) is 4.16. The van der Waals surface area contributed by atoms with E-state index >= 15 is 0 Å². The van der Waals surface area contributed by atoms with E-state index in [1.54, 1.807) is 0 Å². The van der Waals surface area contributed by atoms with Gasteiger partial charge in [0.15, 0.2) is 0 Å². The van der Waals surface area contributed by atoms with E-state index < -0.39 is 11.4 Å². The smallest absolute Gasteiger partial charge is 0.311 e. The van der Waals surface area contributed by atoms with Gasteiger partial charge >= 0.3 is 5.97 Å². The summed E-state index contributed by atoms with van der Waals surface area (Å²) in [5.74, 6) is -1.21. The fourth-order valence-electron chi connectivity index (χ4n) is 2.55. The van der Waals surface area contributed by atoms with Crippen molar-refractivity contribution in [2.75, 3.05) is 6.54 Å². The molecule has 1 aromatic rings. The monoisotopic (exact) mass is 315 g/mol. The SMILES string of the molecule is O=C(NCC1(C(=O)O)CCCC1)c1cc(Cl)cc(Cl)c1. The minimum atomic E-state index is -0.848. The Morgan fingerprint density at radius 2 is 1.70 bits per heavy atom. The predicted molar refractivity (Wildman–Crippen MR) is 77.3 cm³/mol. The Morgan fingerprint density at radius 1 is 1.15 bits per heavy atom. The summed E-state index contributed by atoms with van der Waals surface area (Å²) < 4.78 is 0. The quantitative estimate of drug-likeness (QED) is 0.895. The van der Waals surface area contributed by atoms with Crippen LogP contribution < -0.4 is 5.32 Å². The maximum Gasteiger partial charge on any atom is 0.311 e. The molecule has 1 aromatic carbocycles. The van der Waals surface area contributed by atoms with Crippen LogP contribution >= 0.6 is 23.2 Å². The zero-order chi connectivity index (χ0) is 14.8. The maximum absolute atomic E-state index is 12.0. The lowest BCUT2D eigenvalue weighted by molar-refractivity contribution is -0.148. The minimum Gasteiger partial charge on any atom is -0.481 e. The van der Waals surface area contributed by atoms with E-state index in [0.717, 1.165) is 12.8 Å². The summed E-state index contributed by atoms with van der Waals surface area (Å²) in [5, 5.41) is 12.8.